The number of benzene rings is 1. The standard InChI is InChI=1S/C12H13FN2O/c1-9-8-10(13)4-5-11(9)12(16)15-7-3-2-6-14/h4-5,8H,2-3,7H2,1H3,(H,15,16). The molecule has 1 N–H and O–H groups in total. The second-order valence-electron chi connectivity index (χ2n) is 3.48. The average molecular weight is 220 g/mol. The first-order chi connectivity index (χ1) is 7.65. The van der Waals surface area contributed by atoms with Gasteiger partial charge in [0.2, 0.25) is 0 Å². The predicted molar refractivity (Wildman–Crippen MR) is 58.3 cm³/mol. The van der Waals surface area contributed by atoms with Crippen LogP contribution in [0.4, 0.5) is 4.39 Å². The molecule has 84 valence electrons. The highest BCUT2D eigenvalue weighted by Crippen LogP contribution is 2.09. The van der Waals surface area contributed by atoms with Crippen molar-refractivity contribution in [3.8, 4) is 6.07 Å². The third kappa shape index (κ3) is 3.35. The van der Waals surface area contributed by atoms with Crippen molar-refractivity contribution in [1.82, 2.24) is 5.32 Å². The maximum absolute atomic E-state index is 12.8. The van der Waals surface area contributed by atoms with Crippen molar-refractivity contribution in [2.24, 2.45) is 0 Å². The van der Waals surface area contributed by atoms with Gasteiger partial charge in [-0.15, -0.1) is 0 Å². The van der Waals surface area contributed by atoms with Crippen LogP contribution in [0.3, 0.4) is 0 Å². The molecule has 0 saturated carbocycles. The van der Waals surface area contributed by atoms with Gasteiger partial charge in [0.05, 0.1) is 6.07 Å². The summed E-state index contributed by atoms with van der Waals surface area (Å²) in [7, 11) is 0. The first kappa shape index (κ1) is 12.2. The van der Waals surface area contributed by atoms with E-state index in [4.69, 9.17) is 5.26 Å². The largest absolute Gasteiger partial charge is 0.352 e. The molecule has 0 spiro atoms. The Kier molecular flexibility index (Phi) is 4.46. The summed E-state index contributed by atoms with van der Waals surface area (Å²) in [6, 6.07) is 6.05. The molecule has 0 saturated heterocycles. The molecule has 0 atom stereocenters. The van der Waals surface area contributed by atoms with Crippen molar-refractivity contribution in [3.05, 3.63) is 35.1 Å². The van der Waals surface area contributed by atoms with Crippen LogP contribution in [0.25, 0.3) is 0 Å². The molecular formula is C12H13FN2O. The highest BCUT2D eigenvalue weighted by molar-refractivity contribution is 5.95. The monoisotopic (exact) mass is 220 g/mol. The van der Waals surface area contributed by atoms with Crippen LogP contribution in [0.2, 0.25) is 0 Å². The molecule has 0 aliphatic heterocycles. The van der Waals surface area contributed by atoms with Crippen molar-refractivity contribution in [3.63, 3.8) is 0 Å². The van der Waals surface area contributed by atoms with E-state index in [0.717, 1.165) is 0 Å². The number of amides is 1. The van der Waals surface area contributed by atoms with Gasteiger partial charge in [-0.25, -0.2) is 4.39 Å². The summed E-state index contributed by atoms with van der Waals surface area (Å²) >= 11 is 0. The number of nitriles is 1. The molecule has 0 aromatic heterocycles. The summed E-state index contributed by atoms with van der Waals surface area (Å²) in [5, 5.41) is 11.0. The van der Waals surface area contributed by atoms with E-state index in [0.29, 0.717) is 30.5 Å². The molecule has 0 fully saturated rings. The molecule has 4 heteroatoms. The van der Waals surface area contributed by atoms with Crippen LogP contribution in [0.1, 0.15) is 28.8 Å². The smallest absolute Gasteiger partial charge is 0.251 e. The number of rotatable bonds is 4. The minimum atomic E-state index is -0.349. The van der Waals surface area contributed by atoms with Gasteiger partial charge in [0.25, 0.3) is 5.91 Å². The van der Waals surface area contributed by atoms with E-state index in [2.05, 4.69) is 5.32 Å². The number of carbonyl (C=O) groups excluding carboxylic acids is 1. The summed E-state index contributed by atoms with van der Waals surface area (Å²) in [6.07, 6.45) is 1.05. The van der Waals surface area contributed by atoms with Gasteiger partial charge in [-0.1, -0.05) is 0 Å². The molecule has 0 aliphatic carbocycles. The van der Waals surface area contributed by atoms with Crippen molar-refractivity contribution in [2.45, 2.75) is 19.8 Å². The molecule has 16 heavy (non-hydrogen) atoms. The fraction of sp³-hybridized carbons (Fsp3) is 0.333. The normalized spacial score (nSPS) is 9.56. The Labute approximate surface area is 93.9 Å². The number of nitrogens with zero attached hydrogens (tertiary/aromatic N) is 1. The molecule has 3 nitrogen and oxygen atoms in total. The number of carbonyl (C=O) groups is 1. The second-order valence-corrected chi connectivity index (χ2v) is 3.48. The van der Waals surface area contributed by atoms with Crippen LogP contribution in [0.5, 0.6) is 0 Å². The lowest BCUT2D eigenvalue weighted by atomic mass is 10.1. The van der Waals surface area contributed by atoms with Crippen molar-refractivity contribution in [1.29, 1.82) is 5.26 Å². The van der Waals surface area contributed by atoms with Gasteiger partial charge in [-0.2, -0.15) is 5.26 Å². The first-order valence-corrected chi connectivity index (χ1v) is 5.06. The Morgan fingerprint density at radius 2 is 2.31 bits per heavy atom. The van der Waals surface area contributed by atoms with Crippen molar-refractivity contribution in [2.75, 3.05) is 6.54 Å². The van der Waals surface area contributed by atoms with E-state index in [1.165, 1.54) is 18.2 Å². The fourth-order valence-electron chi connectivity index (χ4n) is 1.35. The number of nitrogens with one attached hydrogen (secondary N) is 1. The van der Waals surface area contributed by atoms with Crippen LogP contribution in [-0.4, -0.2) is 12.5 Å². The molecule has 1 aromatic carbocycles. The van der Waals surface area contributed by atoms with Gasteiger partial charge in [0.15, 0.2) is 0 Å². The quantitative estimate of drug-likeness (QED) is 0.790. The molecule has 0 bridgehead atoms. The summed E-state index contributed by atoms with van der Waals surface area (Å²) in [5.41, 5.74) is 1.08. The number of unbranched alkanes of at least 4 members (excludes halogenated alkanes) is 1. The molecule has 1 aromatic rings. The van der Waals surface area contributed by atoms with E-state index < -0.39 is 0 Å². The molecule has 1 amide bonds. The second kappa shape index (κ2) is 5.86. The topological polar surface area (TPSA) is 52.9 Å². The summed E-state index contributed by atoms with van der Waals surface area (Å²) < 4.78 is 12.8. The molecule has 0 unspecified atom stereocenters. The molecular weight excluding hydrogens is 207 g/mol. The van der Waals surface area contributed by atoms with Gasteiger partial charge in [-0.05, 0) is 37.1 Å². The van der Waals surface area contributed by atoms with E-state index in [1.54, 1.807) is 6.92 Å². The number of aryl methyl sites for hydroxylation is 1. The lowest BCUT2D eigenvalue weighted by Gasteiger charge is -2.06. The zero-order valence-corrected chi connectivity index (χ0v) is 9.09. The molecule has 0 radical (unpaired) electrons. The van der Waals surface area contributed by atoms with Gasteiger partial charge >= 0.3 is 0 Å². The Bertz CT molecular complexity index is 424. The highest BCUT2D eigenvalue weighted by Gasteiger charge is 2.08. The van der Waals surface area contributed by atoms with Crippen LogP contribution in [0.15, 0.2) is 18.2 Å². The fourth-order valence-corrected chi connectivity index (χ4v) is 1.35. The van der Waals surface area contributed by atoms with Crippen molar-refractivity contribution < 1.29 is 9.18 Å². The highest BCUT2D eigenvalue weighted by atomic mass is 19.1. The van der Waals surface area contributed by atoms with E-state index >= 15 is 0 Å². The van der Waals surface area contributed by atoms with Gasteiger partial charge in [0, 0.05) is 18.5 Å². The Morgan fingerprint density at radius 1 is 1.56 bits per heavy atom. The Morgan fingerprint density at radius 3 is 2.94 bits per heavy atom. The van der Waals surface area contributed by atoms with Gasteiger partial charge in [-0.3, -0.25) is 4.79 Å². The average Bonchev–Trinajstić information content (AvgIpc) is 2.24. The third-order valence-electron chi connectivity index (χ3n) is 2.18. The zero-order valence-electron chi connectivity index (χ0n) is 9.09. The Hall–Kier alpha value is -1.89. The SMILES string of the molecule is Cc1cc(F)ccc1C(=O)NCCCC#N. The summed E-state index contributed by atoms with van der Waals surface area (Å²) in [6.45, 7) is 2.15. The number of hydrogen-bond acceptors (Lipinski definition) is 2. The maximum Gasteiger partial charge on any atom is 0.251 e. The molecule has 0 heterocycles. The summed E-state index contributed by atoms with van der Waals surface area (Å²) in [5.74, 6) is -0.575. The van der Waals surface area contributed by atoms with E-state index in [-0.39, 0.29) is 11.7 Å². The Balaban J connectivity index is 2.57. The minimum absolute atomic E-state index is 0.226. The van der Waals surface area contributed by atoms with Crippen molar-refractivity contribution >= 4 is 5.91 Å². The predicted octanol–water partition coefficient (Wildman–Crippen LogP) is 2.17. The lowest BCUT2D eigenvalue weighted by Crippen LogP contribution is -2.25. The molecule has 1 rings (SSSR count). The molecule has 0 aliphatic rings. The van der Waals surface area contributed by atoms with E-state index in [9.17, 15) is 9.18 Å². The first-order valence-electron chi connectivity index (χ1n) is 5.06. The third-order valence-corrected chi connectivity index (χ3v) is 2.18. The van der Waals surface area contributed by atoms with Crippen LogP contribution < -0.4 is 5.32 Å². The van der Waals surface area contributed by atoms with Crippen LogP contribution >= 0.6 is 0 Å². The summed E-state index contributed by atoms with van der Waals surface area (Å²) in [4.78, 5) is 11.6. The maximum atomic E-state index is 12.8. The van der Waals surface area contributed by atoms with E-state index in [1.807, 2.05) is 6.07 Å². The van der Waals surface area contributed by atoms with Gasteiger partial charge < -0.3 is 5.32 Å². The zero-order chi connectivity index (χ0) is 12.0. The van der Waals surface area contributed by atoms with Crippen LogP contribution in [-0.2, 0) is 0 Å². The van der Waals surface area contributed by atoms with Gasteiger partial charge in [0.1, 0.15) is 5.82 Å². The lowest BCUT2D eigenvalue weighted by molar-refractivity contribution is 0.0952. The number of hydrogen-bond donors (Lipinski definition) is 1. The van der Waals surface area contributed by atoms with Crippen LogP contribution in [0, 0.1) is 24.1 Å². The number of halogens is 1. The minimum Gasteiger partial charge on any atom is -0.352 e.